The van der Waals surface area contributed by atoms with Gasteiger partial charge in [-0.25, -0.2) is 0 Å². The Labute approximate surface area is 116 Å². The summed E-state index contributed by atoms with van der Waals surface area (Å²) < 4.78 is 0. The summed E-state index contributed by atoms with van der Waals surface area (Å²) in [7, 11) is 0. The van der Waals surface area contributed by atoms with Gasteiger partial charge in [-0.15, -0.1) is 0 Å². The van der Waals surface area contributed by atoms with Crippen molar-refractivity contribution in [3.63, 3.8) is 0 Å². The maximum absolute atomic E-state index is 11.9. The largest absolute Gasteiger partial charge is 0.326 e. The zero-order valence-corrected chi connectivity index (χ0v) is 11.8. The zero-order valence-electron chi connectivity index (χ0n) is 11.8. The van der Waals surface area contributed by atoms with Crippen molar-refractivity contribution in [2.45, 2.75) is 39.0 Å². The molecule has 0 bridgehead atoms. The van der Waals surface area contributed by atoms with E-state index in [9.17, 15) is 4.79 Å². The van der Waals surface area contributed by atoms with Crippen molar-refractivity contribution in [2.75, 3.05) is 25.0 Å². The van der Waals surface area contributed by atoms with Crippen molar-refractivity contribution in [3.05, 3.63) is 29.8 Å². The summed E-state index contributed by atoms with van der Waals surface area (Å²) in [5.74, 6) is 0.120. The minimum atomic E-state index is 0.120. The SMILES string of the molecule is CCc1ccc(NC(=O)CCN2CCCCC2)cc1. The fourth-order valence-corrected chi connectivity index (χ4v) is 2.49. The molecule has 2 rings (SSSR count). The molecule has 1 N–H and O–H groups in total. The van der Waals surface area contributed by atoms with E-state index in [1.807, 2.05) is 12.1 Å². The van der Waals surface area contributed by atoms with Crippen LogP contribution in [-0.2, 0) is 11.2 Å². The van der Waals surface area contributed by atoms with Crippen LogP contribution in [0.15, 0.2) is 24.3 Å². The molecule has 0 aromatic heterocycles. The van der Waals surface area contributed by atoms with Gasteiger partial charge < -0.3 is 10.2 Å². The molecule has 0 aliphatic carbocycles. The van der Waals surface area contributed by atoms with E-state index in [0.29, 0.717) is 6.42 Å². The number of piperidine rings is 1. The van der Waals surface area contributed by atoms with Crippen LogP contribution in [0.25, 0.3) is 0 Å². The Morgan fingerprint density at radius 2 is 1.84 bits per heavy atom. The molecule has 0 saturated carbocycles. The fourth-order valence-electron chi connectivity index (χ4n) is 2.49. The molecule has 1 aromatic carbocycles. The van der Waals surface area contributed by atoms with Gasteiger partial charge in [0.2, 0.25) is 5.91 Å². The Hall–Kier alpha value is -1.35. The van der Waals surface area contributed by atoms with E-state index in [2.05, 4.69) is 29.3 Å². The van der Waals surface area contributed by atoms with Crippen molar-refractivity contribution < 1.29 is 4.79 Å². The van der Waals surface area contributed by atoms with E-state index in [1.54, 1.807) is 0 Å². The van der Waals surface area contributed by atoms with Gasteiger partial charge >= 0.3 is 0 Å². The molecule has 0 spiro atoms. The van der Waals surface area contributed by atoms with Crippen LogP contribution in [-0.4, -0.2) is 30.4 Å². The lowest BCUT2D eigenvalue weighted by atomic mass is 10.1. The highest BCUT2D eigenvalue weighted by molar-refractivity contribution is 5.90. The van der Waals surface area contributed by atoms with Crippen molar-refractivity contribution in [1.29, 1.82) is 0 Å². The Balaban J connectivity index is 1.73. The number of hydrogen-bond acceptors (Lipinski definition) is 2. The summed E-state index contributed by atoms with van der Waals surface area (Å²) in [5.41, 5.74) is 2.20. The second-order valence-corrected chi connectivity index (χ2v) is 5.25. The van der Waals surface area contributed by atoms with E-state index >= 15 is 0 Å². The summed E-state index contributed by atoms with van der Waals surface area (Å²) in [6, 6.07) is 8.11. The third-order valence-corrected chi connectivity index (χ3v) is 3.75. The van der Waals surface area contributed by atoms with Crippen molar-refractivity contribution in [2.24, 2.45) is 0 Å². The maximum Gasteiger partial charge on any atom is 0.225 e. The zero-order chi connectivity index (χ0) is 13.5. The standard InChI is InChI=1S/C16H24N2O/c1-2-14-6-8-15(9-7-14)17-16(19)10-13-18-11-4-3-5-12-18/h6-9H,2-5,10-13H2,1H3,(H,17,19). The Kier molecular flexibility index (Phi) is 5.40. The summed E-state index contributed by atoms with van der Waals surface area (Å²) in [6.07, 6.45) is 5.52. The quantitative estimate of drug-likeness (QED) is 0.882. The van der Waals surface area contributed by atoms with Gasteiger partial charge in [-0.2, -0.15) is 0 Å². The van der Waals surface area contributed by atoms with Gasteiger partial charge in [0.1, 0.15) is 0 Å². The fraction of sp³-hybridized carbons (Fsp3) is 0.562. The van der Waals surface area contributed by atoms with Crippen LogP contribution in [0.5, 0.6) is 0 Å². The summed E-state index contributed by atoms with van der Waals surface area (Å²) in [6.45, 7) is 5.32. The number of aryl methyl sites for hydroxylation is 1. The monoisotopic (exact) mass is 260 g/mol. The van der Waals surface area contributed by atoms with Gasteiger partial charge in [0.25, 0.3) is 0 Å². The van der Waals surface area contributed by atoms with E-state index < -0.39 is 0 Å². The number of amides is 1. The van der Waals surface area contributed by atoms with Crippen LogP contribution >= 0.6 is 0 Å². The molecule has 3 nitrogen and oxygen atoms in total. The summed E-state index contributed by atoms with van der Waals surface area (Å²) in [4.78, 5) is 14.3. The molecular weight excluding hydrogens is 236 g/mol. The first-order valence-corrected chi connectivity index (χ1v) is 7.39. The molecule has 1 saturated heterocycles. The number of carbonyl (C=O) groups is 1. The number of benzene rings is 1. The first-order valence-electron chi connectivity index (χ1n) is 7.39. The molecule has 0 unspecified atom stereocenters. The Bertz CT molecular complexity index is 394. The molecule has 1 aliphatic rings. The highest BCUT2D eigenvalue weighted by Crippen LogP contribution is 2.11. The topological polar surface area (TPSA) is 32.3 Å². The summed E-state index contributed by atoms with van der Waals surface area (Å²) >= 11 is 0. The van der Waals surface area contributed by atoms with Gasteiger partial charge in [-0.05, 0) is 50.0 Å². The number of rotatable bonds is 5. The highest BCUT2D eigenvalue weighted by Gasteiger charge is 2.11. The van der Waals surface area contributed by atoms with Gasteiger partial charge in [-0.3, -0.25) is 4.79 Å². The minimum Gasteiger partial charge on any atom is -0.326 e. The molecule has 104 valence electrons. The van der Waals surface area contributed by atoms with Gasteiger partial charge in [-0.1, -0.05) is 25.5 Å². The van der Waals surface area contributed by atoms with Crippen molar-refractivity contribution in [1.82, 2.24) is 4.90 Å². The molecule has 1 heterocycles. The molecule has 3 heteroatoms. The van der Waals surface area contributed by atoms with Crippen molar-refractivity contribution >= 4 is 11.6 Å². The number of carbonyl (C=O) groups excluding carboxylic acids is 1. The van der Waals surface area contributed by atoms with Crippen molar-refractivity contribution in [3.8, 4) is 0 Å². The average Bonchev–Trinajstić information content (AvgIpc) is 2.47. The predicted molar refractivity (Wildman–Crippen MR) is 79.4 cm³/mol. The van der Waals surface area contributed by atoms with Gasteiger partial charge in [0, 0.05) is 18.7 Å². The van der Waals surface area contributed by atoms with Crippen LogP contribution in [0.3, 0.4) is 0 Å². The van der Waals surface area contributed by atoms with E-state index in [-0.39, 0.29) is 5.91 Å². The molecule has 1 aromatic rings. The lowest BCUT2D eigenvalue weighted by molar-refractivity contribution is -0.116. The Morgan fingerprint density at radius 1 is 1.16 bits per heavy atom. The predicted octanol–water partition coefficient (Wildman–Crippen LogP) is 3.06. The Morgan fingerprint density at radius 3 is 2.47 bits per heavy atom. The molecule has 19 heavy (non-hydrogen) atoms. The minimum absolute atomic E-state index is 0.120. The van der Waals surface area contributed by atoms with Gasteiger partial charge in [0.05, 0.1) is 0 Å². The first-order chi connectivity index (χ1) is 9.28. The lowest BCUT2D eigenvalue weighted by Crippen LogP contribution is -2.32. The average molecular weight is 260 g/mol. The highest BCUT2D eigenvalue weighted by atomic mass is 16.1. The smallest absolute Gasteiger partial charge is 0.225 e. The third kappa shape index (κ3) is 4.67. The van der Waals surface area contributed by atoms with Crippen LogP contribution in [0.1, 0.15) is 38.2 Å². The van der Waals surface area contributed by atoms with E-state index in [0.717, 1.165) is 31.7 Å². The van der Waals surface area contributed by atoms with E-state index in [1.165, 1.54) is 24.8 Å². The molecule has 0 radical (unpaired) electrons. The molecule has 1 amide bonds. The number of likely N-dealkylation sites (tertiary alicyclic amines) is 1. The third-order valence-electron chi connectivity index (χ3n) is 3.75. The molecule has 1 fully saturated rings. The maximum atomic E-state index is 11.9. The first kappa shape index (κ1) is 14.1. The normalized spacial score (nSPS) is 16.3. The van der Waals surface area contributed by atoms with Crippen LogP contribution in [0, 0.1) is 0 Å². The number of anilines is 1. The second-order valence-electron chi connectivity index (χ2n) is 5.25. The van der Waals surface area contributed by atoms with E-state index in [4.69, 9.17) is 0 Å². The molecule has 1 aliphatic heterocycles. The number of hydrogen-bond donors (Lipinski definition) is 1. The molecular formula is C16H24N2O. The van der Waals surface area contributed by atoms with Crippen LogP contribution in [0.2, 0.25) is 0 Å². The second kappa shape index (κ2) is 7.29. The summed E-state index contributed by atoms with van der Waals surface area (Å²) in [5, 5.41) is 2.97. The lowest BCUT2D eigenvalue weighted by Gasteiger charge is -2.25. The van der Waals surface area contributed by atoms with Crippen LogP contribution < -0.4 is 5.32 Å². The molecule has 0 atom stereocenters. The number of nitrogens with zero attached hydrogens (tertiary/aromatic N) is 1. The number of nitrogens with one attached hydrogen (secondary N) is 1. The van der Waals surface area contributed by atoms with Gasteiger partial charge in [0.15, 0.2) is 0 Å². The van der Waals surface area contributed by atoms with Crippen LogP contribution in [0.4, 0.5) is 5.69 Å².